The van der Waals surface area contributed by atoms with Gasteiger partial charge in [-0.1, -0.05) is 23.7 Å². The summed E-state index contributed by atoms with van der Waals surface area (Å²) in [6.07, 6.45) is 1.01. The van der Waals surface area contributed by atoms with E-state index in [0.29, 0.717) is 30.1 Å². The van der Waals surface area contributed by atoms with Gasteiger partial charge in [-0.2, -0.15) is 0 Å². The Balaban J connectivity index is 2.31. The van der Waals surface area contributed by atoms with E-state index < -0.39 is 0 Å². The number of hydrogen-bond acceptors (Lipinski definition) is 4. The number of halogens is 1. The zero-order valence-electron chi connectivity index (χ0n) is 11.7. The molecular weight excluding hydrogens is 280 g/mol. The van der Waals surface area contributed by atoms with Gasteiger partial charge in [0.05, 0.1) is 24.4 Å². The highest BCUT2D eigenvalue weighted by molar-refractivity contribution is 6.33. The first-order chi connectivity index (χ1) is 9.52. The van der Waals surface area contributed by atoms with E-state index in [9.17, 15) is 9.59 Å². The van der Waals surface area contributed by atoms with Gasteiger partial charge >= 0.3 is 5.97 Å². The topological polar surface area (TPSA) is 58.6 Å². The fourth-order valence-corrected chi connectivity index (χ4v) is 1.85. The van der Waals surface area contributed by atoms with E-state index in [1.54, 1.807) is 18.2 Å². The average molecular weight is 299 g/mol. The second-order valence-electron chi connectivity index (χ2n) is 4.45. The summed E-state index contributed by atoms with van der Waals surface area (Å²) in [5, 5.41) is 3.26. The van der Waals surface area contributed by atoms with Crippen molar-refractivity contribution in [3.8, 4) is 0 Å². The summed E-state index contributed by atoms with van der Waals surface area (Å²) < 4.78 is 4.55. The third kappa shape index (κ3) is 6.04. The minimum absolute atomic E-state index is 0.140. The van der Waals surface area contributed by atoms with Crippen LogP contribution >= 0.6 is 11.6 Å². The maximum Gasteiger partial charge on any atom is 0.305 e. The number of likely N-dealkylation sites (N-methyl/N-ethyl adjacent to an activating group) is 1. The van der Waals surface area contributed by atoms with E-state index >= 15 is 0 Å². The number of methoxy groups -OCH3 is 1. The molecule has 0 aromatic heterocycles. The third-order valence-corrected chi connectivity index (χ3v) is 3.04. The molecule has 0 radical (unpaired) electrons. The second-order valence-corrected chi connectivity index (χ2v) is 4.85. The van der Waals surface area contributed by atoms with Crippen LogP contribution in [0.1, 0.15) is 12.8 Å². The minimum atomic E-state index is -0.237. The molecule has 1 rings (SSSR count). The highest BCUT2D eigenvalue weighted by atomic mass is 35.5. The molecule has 20 heavy (non-hydrogen) atoms. The normalized spacial score (nSPS) is 10.4. The number of amides is 1. The van der Waals surface area contributed by atoms with Crippen molar-refractivity contribution in [1.29, 1.82) is 0 Å². The largest absolute Gasteiger partial charge is 0.469 e. The molecule has 0 spiro atoms. The summed E-state index contributed by atoms with van der Waals surface area (Å²) in [6, 6.07) is 7.08. The highest BCUT2D eigenvalue weighted by Crippen LogP contribution is 2.20. The Morgan fingerprint density at radius 3 is 2.70 bits per heavy atom. The van der Waals surface area contributed by atoms with Crippen LogP contribution in [0.4, 0.5) is 5.69 Å². The van der Waals surface area contributed by atoms with Crippen molar-refractivity contribution < 1.29 is 14.3 Å². The van der Waals surface area contributed by atoms with Gasteiger partial charge in [-0.15, -0.1) is 0 Å². The SMILES string of the molecule is COC(=O)CCCN(C)CC(=O)Nc1ccccc1Cl. The fourth-order valence-electron chi connectivity index (χ4n) is 1.67. The van der Waals surface area contributed by atoms with Crippen molar-refractivity contribution in [1.82, 2.24) is 4.90 Å². The molecule has 1 amide bonds. The quantitative estimate of drug-likeness (QED) is 0.784. The molecule has 1 N–H and O–H groups in total. The lowest BCUT2D eigenvalue weighted by Crippen LogP contribution is -2.31. The molecule has 0 aliphatic heterocycles. The van der Waals surface area contributed by atoms with Crippen LogP contribution in [0.25, 0.3) is 0 Å². The lowest BCUT2D eigenvalue weighted by molar-refractivity contribution is -0.140. The van der Waals surface area contributed by atoms with Gasteiger partial charge in [0.25, 0.3) is 0 Å². The van der Waals surface area contributed by atoms with Crippen LogP contribution in [0.2, 0.25) is 5.02 Å². The number of nitrogens with zero attached hydrogens (tertiary/aromatic N) is 1. The molecule has 110 valence electrons. The van der Waals surface area contributed by atoms with E-state index in [1.165, 1.54) is 7.11 Å². The number of rotatable bonds is 7. The maximum absolute atomic E-state index is 11.8. The second kappa shape index (κ2) is 8.55. The molecule has 0 saturated carbocycles. The summed E-state index contributed by atoms with van der Waals surface area (Å²) in [5.74, 6) is -0.377. The maximum atomic E-state index is 11.8. The molecule has 0 aliphatic carbocycles. The number of hydrogen-bond donors (Lipinski definition) is 1. The fraction of sp³-hybridized carbons (Fsp3) is 0.429. The average Bonchev–Trinajstić information content (AvgIpc) is 2.41. The van der Waals surface area contributed by atoms with Crippen molar-refractivity contribution in [3.05, 3.63) is 29.3 Å². The number of ether oxygens (including phenoxy) is 1. The predicted molar refractivity (Wildman–Crippen MR) is 78.8 cm³/mol. The van der Waals surface area contributed by atoms with Gasteiger partial charge in [0.2, 0.25) is 5.91 Å². The first-order valence-corrected chi connectivity index (χ1v) is 6.70. The third-order valence-electron chi connectivity index (χ3n) is 2.71. The monoisotopic (exact) mass is 298 g/mol. The molecule has 0 unspecified atom stereocenters. The Hall–Kier alpha value is -1.59. The van der Waals surface area contributed by atoms with Gasteiger partial charge in [-0.3, -0.25) is 14.5 Å². The molecule has 0 atom stereocenters. The van der Waals surface area contributed by atoms with Crippen LogP contribution in [0.5, 0.6) is 0 Å². The van der Waals surface area contributed by atoms with E-state index in [2.05, 4.69) is 10.1 Å². The van der Waals surface area contributed by atoms with E-state index in [-0.39, 0.29) is 18.4 Å². The molecule has 0 bridgehead atoms. The Morgan fingerprint density at radius 1 is 1.35 bits per heavy atom. The van der Waals surface area contributed by atoms with Gasteiger partial charge in [0.1, 0.15) is 0 Å². The molecule has 6 heteroatoms. The number of carbonyl (C=O) groups excluding carboxylic acids is 2. The smallest absolute Gasteiger partial charge is 0.305 e. The van der Waals surface area contributed by atoms with Gasteiger partial charge in [0, 0.05) is 6.42 Å². The molecule has 1 aromatic carbocycles. The summed E-state index contributed by atoms with van der Waals surface area (Å²) in [5.41, 5.74) is 0.599. The number of carbonyl (C=O) groups is 2. The van der Waals surface area contributed by atoms with Gasteiger partial charge < -0.3 is 10.1 Å². The Kier molecular flexibility index (Phi) is 7.04. The van der Waals surface area contributed by atoms with Gasteiger partial charge in [-0.25, -0.2) is 0 Å². The van der Waals surface area contributed by atoms with Gasteiger partial charge in [-0.05, 0) is 32.1 Å². The van der Waals surface area contributed by atoms with Crippen molar-refractivity contribution in [2.24, 2.45) is 0 Å². The van der Waals surface area contributed by atoms with Crippen molar-refractivity contribution in [3.63, 3.8) is 0 Å². The first kappa shape index (κ1) is 16.5. The zero-order chi connectivity index (χ0) is 15.0. The lowest BCUT2D eigenvalue weighted by Gasteiger charge is -2.16. The van der Waals surface area contributed by atoms with Crippen LogP contribution in [0.15, 0.2) is 24.3 Å². The van der Waals surface area contributed by atoms with Gasteiger partial charge in [0.15, 0.2) is 0 Å². The number of benzene rings is 1. The summed E-state index contributed by atoms with van der Waals surface area (Å²) in [6.45, 7) is 0.886. The minimum Gasteiger partial charge on any atom is -0.469 e. The number of esters is 1. The summed E-state index contributed by atoms with van der Waals surface area (Å²) in [4.78, 5) is 24.6. The molecule has 0 fully saturated rings. The Labute approximate surface area is 123 Å². The molecule has 5 nitrogen and oxygen atoms in total. The molecule has 0 saturated heterocycles. The van der Waals surface area contributed by atoms with Crippen LogP contribution in [0, 0.1) is 0 Å². The van der Waals surface area contributed by atoms with Crippen LogP contribution in [0.3, 0.4) is 0 Å². The van der Waals surface area contributed by atoms with E-state index in [0.717, 1.165) is 0 Å². The van der Waals surface area contributed by atoms with E-state index in [4.69, 9.17) is 11.6 Å². The molecule has 0 heterocycles. The van der Waals surface area contributed by atoms with Crippen molar-refractivity contribution in [2.45, 2.75) is 12.8 Å². The lowest BCUT2D eigenvalue weighted by atomic mass is 10.3. The summed E-state index contributed by atoms with van der Waals surface area (Å²) in [7, 11) is 3.19. The van der Waals surface area contributed by atoms with Crippen molar-refractivity contribution >= 4 is 29.2 Å². The first-order valence-electron chi connectivity index (χ1n) is 6.32. The van der Waals surface area contributed by atoms with E-state index in [1.807, 2.05) is 18.0 Å². The van der Waals surface area contributed by atoms with Crippen LogP contribution in [-0.4, -0.2) is 44.0 Å². The molecule has 0 aliphatic rings. The number of anilines is 1. The standard InChI is InChI=1S/C14H19ClN2O3/c1-17(9-5-8-14(19)20-2)10-13(18)16-12-7-4-3-6-11(12)15/h3-4,6-7H,5,8-10H2,1-2H3,(H,16,18). The molecule has 1 aromatic rings. The van der Waals surface area contributed by atoms with Crippen LogP contribution in [-0.2, 0) is 14.3 Å². The highest BCUT2D eigenvalue weighted by Gasteiger charge is 2.09. The number of nitrogens with one attached hydrogen (secondary N) is 1. The predicted octanol–water partition coefficient (Wildman–Crippen LogP) is 2.16. The van der Waals surface area contributed by atoms with Crippen LogP contribution < -0.4 is 5.32 Å². The Bertz CT molecular complexity index is 465. The zero-order valence-corrected chi connectivity index (χ0v) is 12.4. The Morgan fingerprint density at radius 2 is 2.05 bits per heavy atom. The number of para-hydroxylation sites is 1. The summed E-state index contributed by atoms with van der Waals surface area (Å²) >= 11 is 5.96. The molecular formula is C14H19ClN2O3. The van der Waals surface area contributed by atoms with Crippen molar-refractivity contribution in [2.75, 3.05) is 32.6 Å².